The minimum atomic E-state index is -3.99. The molecule has 0 amide bonds. The smallest absolute Gasteiger partial charge is 0.227 e. The Morgan fingerprint density at radius 2 is 1.88 bits per heavy atom. The highest BCUT2D eigenvalue weighted by atomic mass is 35.5. The molecule has 1 aliphatic rings. The van der Waals surface area contributed by atoms with Crippen molar-refractivity contribution in [2.75, 3.05) is 31.1 Å². The summed E-state index contributed by atoms with van der Waals surface area (Å²) in [5.41, 5.74) is 1.54. The van der Waals surface area contributed by atoms with E-state index in [9.17, 15) is 12.8 Å². The summed E-state index contributed by atoms with van der Waals surface area (Å²) >= 11 is 5.96. The van der Waals surface area contributed by atoms with Gasteiger partial charge in [0.1, 0.15) is 5.82 Å². The standard InChI is InChI=1S/C17H16ClFN4O2S/c18-14-9-11(19)1-4-16(14)26(24,25)17-13-10-12(2-3-15(13)21-22-17)23-7-5-20-6-8-23/h1-4,9-10,20H,5-8H2,(H,21,22). The summed E-state index contributed by atoms with van der Waals surface area (Å²) in [4.78, 5) is 2.02. The number of fused-ring (bicyclic) bond motifs is 1. The highest BCUT2D eigenvalue weighted by Crippen LogP contribution is 2.32. The molecule has 6 nitrogen and oxygen atoms in total. The summed E-state index contributed by atoms with van der Waals surface area (Å²) in [7, 11) is -3.99. The first kappa shape index (κ1) is 17.3. The number of piperazine rings is 1. The van der Waals surface area contributed by atoms with Crippen LogP contribution in [0.3, 0.4) is 0 Å². The fraction of sp³-hybridized carbons (Fsp3) is 0.235. The van der Waals surface area contributed by atoms with Gasteiger partial charge in [0.05, 0.1) is 15.4 Å². The van der Waals surface area contributed by atoms with Crippen LogP contribution < -0.4 is 10.2 Å². The first-order chi connectivity index (χ1) is 12.5. The number of benzene rings is 2. The Kier molecular flexibility index (Phi) is 4.34. The highest BCUT2D eigenvalue weighted by molar-refractivity contribution is 7.91. The molecule has 0 saturated carbocycles. The molecule has 1 saturated heterocycles. The maximum Gasteiger partial charge on any atom is 0.227 e. The fourth-order valence-electron chi connectivity index (χ4n) is 3.10. The van der Waals surface area contributed by atoms with Crippen LogP contribution in [0.25, 0.3) is 10.9 Å². The molecule has 2 aromatic carbocycles. The quantitative estimate of drug-likeness (QED) is 0.668. The van der Waals surface area contributed by atoms with Crippen molar-refractivity contribution in [2.45, 2.75) is 9.92 Å². The Morgan fingerprint density at radius 3 is 2.62 bits per heavy atom. The van der Waals surface area contributed by atoms with Crippen LogP contribution in [-0.2, 0) is 9.84 Å². The topological polar surface area (TPSA) is 78.1 Å². The van der Waals surface area contributed by atoms with E-state index < -0.39 is 15.7 Å². The number of nitrogens with one attached hydrogen (secondary N) is 2. The van der Waals surface area contributed by atoms with Crippen molar-refractivity contribution in [3.8, 4) is 0 Å². The van der Waals surface area contributed by atoms with Crippen LogP contribution in [0, 0.1) is 5.82 Å². The van der Waals surface area contributed by atoms with Crippen LogP contribution in [0.4, 0.5) is 10.1 Å². The Morgan fingerprint density at radius 1 is 1.12 bits per heavy atom. The van der Waals surface area contributed by atoms with Crippen molar-refractivity contribution in [3.05, 3.63) is 47.2 Å². The lowest BCUT2D eigenvalue weighted by Crippen LogP contribution is -2.43. The molecule has 0 aliphatic carbocycles. The summed E-state index contributed by atoms with van der Waals surface area (Å²) in [6.07, 6.45) is 0. The molecule has 4 rings (SSSR count). The van der Waals surface area contributed by atoms with Crippen LogP contribution >= 0.6 is 11.6 Å². The highest BCUT2D eigenvalue weighted by Gasteiger charge is 2.27. The Labute approximate surface area is 154 Å². The SMILES string of the molecule is O=S(=O)(c1ccc(F)cc1Cl)c1n[nH]c2ccc(N3CCNCC3)cc12. The number of aromatic nitrogens is 2. The van der Waals surface area contributed by atoms with Gasteiger partial charge in [-0.05, 0) is 36.4 Å². The molecule has 0 bridgehead atoms. The van der Waals surface area contributed by atoms with Crippen LogP contribution in [0.5, 0.6) is 0 Å². The molecular formula is C17H16ClFN4O2S. The van der Waals surface area contributed by atoms with Gasteiger partial charge >= 0.3 is 0 Å². The second kappa shape index (κ2) is 6.53. The van der Waals surface area contributed by atoms with Gasteiger partial charge in [-0.15, -0.1) is 0 Å². The molecule has 1 aromatic heterocycles. The van der Waals surface area contributed by atoms with Gasteiger partial charge < -0.3 is 10.2 Å². The molecular weight excluding hydrogens is 379 g/mol. The Hall–Kier alpha value is -2.16. The van der Waals surface area contributed by atoms with Crippen molar-refractivity contribution < 1.29 is 12.8 Å². The van der Waals surface area contributed by atoms with E-state index in [4.69, 9.17) is 11.6 Å². The van der Waals surface area contributed by atoms with Crippen molar-refractivity contribution in [2.24, 2.45) is 0 Å². The van der Waals surface area contributed by atoms with Crippen LogP contribution in [0.2, 0.25) is 5.02 Å². The molecule has 0 radical (unpaired) electrons. The van der Waals surface area contributed by atoms with Gasteiger partial charge in [-0.3, -0.25) is 5.10 Å². The van der Waals surface area contributed by atoms with Gasteiger partial charge in [0.2, 0.25) is 9.84 Å². The minimum Gasteiger partial charge on any atom is -0.369 e. The van der Waals surface area contributed by atoms with Gasteiger partial charge in [0.25, 0.3) is 0 Å². The molecule has 0 spiro atoms. The molecule has 136 valence electrons. The lowest BCUT2D eigenvalue weighted by molar-refractivity contribution is 0.589. The second-order valence-corrected chi connectivity index (χ2v) is 8.31. The largest absolute Gasteiger partial charge is 0.369 e. The summed E-state index contributed by atoms with van der Waals surface area (Å²) in [6.45, 7) is 3.43. The first-order valence-electron chi connectivity index (χ1n) is 8.11. The van der Waals surface area contributed by atoms with E-state index in [1.807, 2.05) is 18.2 Å². The van der Waals surface area contributed by atoms with Gasteiger partial charge in [0, 0.05) is 37.3 Å². The zero-order valence-electron chi connectivity index (χ0n) is 13.7. The van der Waals surface area contributed by atoms with Gasteiger partial charge in [0.15, 0.2) is 5.03 Å². The number of anilines is 1. The second-order valence-electron chi connectivity index (χ2n) is 6.07. The Balaban J connectivity index is 1.83. The predicted molar refractivity (Wildman–Crippen MR) is 98.0 cm³/mol. The Bertz CT molecular complexity index is 1080. The molecule has 9 heteroatoms. The number of rotatable bonds is 3. The number of hydrogen-bond donors (Lipinski definition) is 2. The third-order valence-electron chi connectivity index (χ3n) is 4.43. The molecule has 3 aromatic rings. The first-order valence-corrected chi connectivity index (χ1v) is 9.97. The predicted octanol–water partition coefficient (Wildman–Crippen LogP) is 2.60. The van der Waals surface area contributed by atoms with Crippen molar-refractivity contribution in [1.82, 2.24) is 15.5 Å². The van der Waals surface area contributed by atoms with Gasteiger partial charge in [-0.25, -0.2) is 12.8 Å². The average Bonchev–Trinajstić information content (AvgIpc) is 3.06. The summed E-state index contributed by atoms with van der Waals surface area (Å²) in [6, 6.07) is 8.77. The molecule has 2 heterocycles. The maximum atomic E-state index is 13.3. The van der Waals surface area contributed by atoms with E-state index in [1.165, 1.54) is 0 Å². The summed E-state index contributed by atoms with van der Waals surface area (Å²) < 4.78 is 39.3. The van der Waals surface area contributed by atoms with E-state index in [2.05, 4.69) is 20.4 Å². The third kappa shape index (κ3) is 2.94. The van der Waals surface area contributed by atoms with E-state index in [0.717, 1.165) is 50.1 Å². The molecule has 2 N–H and O–H groups in total. The zero-order valence-corrected chi connectivity index (χ0v) is 15.2. The zero-order chi connectivity index (χ0) is 18.3. The van der Waals surface area contributed by atoms with Gasteiger partial charge in [-0.2, -0.15) is 5.10 Å². The molecule has 0 atom stereocenters. The van der Waals surface area contributed by atoms with Crippen molar-refractivity contribution >= 4 is 38.0 Å². The number of halogens is 2. The minimum absolute atomic E-state index is 0.113. The van der Waals surface area contributed by atoms with Gasteiger partial charge in [-0.1, -0.05) is 11.6 Å². The van der Waals surface area contributed by atoms with Crippen LogP contribution in [0.15, 0.2) is 46.3 Å². The van der Waals surface area contributed by atoms with E-state index in [1.54, 1.807) is 0 Å². The van der Waals surface area contributed by atoms with Crippen LogP contribution in [0.1, 0.15) is 0 Å². The number of hydrogen-bond acceptors (Lipinski definition) is 5. The lowest BCUT2D eigenvalue weighted by atomic mass is 10.2. The molecule has 1 aliphatic heterocycles. The molecule has 26 heavy (non-hydrogen) atoms. The fourth-order valence-corrected chi connectivity index (χ4v) is 4.97. The van der Waals surface area contributed by atoms with Crippen molar-refractivity contribution in [3.63, 3.8) is 0 Å². The number of nitrogens with zero attached hydrogens (tertiary/aromatic N) is 2. The molecule has 1 fully saturated rings. The van der Waals surface area contributed by atoms with E-state index in [-0.39, 0.29) is 14.9 Å². The third-order valence-corrected chi connectivity index (χ3v) is 6.61. The molecule has 0 unspecified atom stereocenters. The van der Waals surface area contributed by atoms with E-state index in [0.29, 0.717) is 10.9 Å². The number of aromatic amines is 1. The summed E-state index contributed by atoms with van der Waals surface area (Å²) in [5, 5.41) is 10.2. The van der Waals surface area contributed by atoms with Crippen molar-refractivity contribution in [1.29, 1.82) is 0 Å². The monoisotopic (exact) mass is 394 g/mol. The average molecular weight is 395 g/mol. The van der Waals surface area contributed by atoms with E-state index >= 15 is 0 Å². The normalized spacial score (nSPS) is 15.5. The maximum absolute atomic E-state index is 13.3. The van der Waals surface area contributed by atoms with Crippen LogP contribution in [-0.4, -0.2) is 44.8 Å². The number of sulfone groups is 1. The lowest BCUT2D eigenvalue weighted by Gasteiger charge is -2.29. The number of H-pyrrole nitrogens is 1. The summed E-state index contributed by atoms with van der Waals surface area (Å²) in [5.74, 6) is -0.596.